The third-order valence-corrected chi connectivity index (χ3v) is 4.90. The van der Waals surface area contributed by atoms with Crippen LogP contribution in [0.5, 0.6) is 0 Å². The molecule has 1 saturated carbocycles. The predicted molar refractivity (Wildman–Crippen MR) is 75.8 cm³/mol. The Labute approximate surface area is 112 Å². The fourth-order valence-corrected chi connectivity index (χ4v) is 3.50. The van der Waals surface area contributed by atoms with Crippen LogP contribution in [0.25, 0.3) is 0 Å². The summed E-state index contributed by atoms with van der Waals surface area (Å²) in [6.45, 7) is 7.08. The summed E-state index contributed by atoms with van der Waals surface area (Å²) in [4.78, 5) is 2.52. The molecule has 0 bridgehead atoms. The Bertz CT molecular complexity index is 241. The second-order valence-corrected chi connectivity index (χ2v) is 6.55. The number of hydrogen-bond acceptors (Lipinski definition) is 3. The van der Waals surface area contributed by atoms with Crippen molar-refractivity contribution < 1.29 is 5.11 Å². The highest BCUT2D eigenvalue weighted by Gasteiger charge is 2.36. The molecule has 0 aromatic rings. The lowest BCUT2D eigenvalue weighted by molar-refractivity contribution is 0.0534. The Morgan fingerprint density at radius 3 is 2.28 bits per heavy atom. The first kappa shape index (κ1) is 14.3. The number of hydrogen-bond donors (Lipinski definition) is 2. The molecule has 3 nitrogen and oxygen atoms in total. The van der Waals surface area contributed by atoms with Gasteiger partial charge < -0.3 is 15.3 Å². The summed E-state index contributed by atoms with van der Waals surface area (Å²) in [6.07, 6.45) is 8.90. The summed E-state index contributed by atoms with van der Waals surface area (Å²) in [6, 6.07) is 1.29. The highest BCUT2D eigenvalue weighted by Crippen LogP contribution is 2.27. The molecule has 2 aliphatic rings. The van der Waals surface area contributed by atoms with Crippen molar-refractivity contribution >= 4 is 0 Å². The van der Waals surface area contributed by atoms with Gasteiger partial charge in [-0.15, -0.1) is 0 Å². The molecule has 0 aromatic carbocycles. The third kappa shape index (κ3) is 3.46. The van der Waals surface area contributed by atoms with Gasteiger partial charge in [0.25, 0.3) is 0 Å². The number of rotatable bonds is 4. The van der Waals surface area contributed by atoms with Gasteiger partial charge in [0.1, 0.15) is 0 Å². The number of likely N-dealkylation sites (tertiary alicyclic amines) is 1. The Hall–Kier alpha value is -0.120. The zero-order valence-electron chi connectivity index (χ0n) is 12.1. The molecule has 1 aliphatic heterocycles. The van der Waals surface area contributed by atoms with Gasteiger partial charge >= 0.3 is 0 Å². The number of nitrogens with zero attached hydrogens (tertiary/aromatic N) is 1. The van der Waals surface area contributed by atoms with Gasteiger partial charge in [-0.1, -0.05) is 19.3 Å². The zero-order chi connectivity index (χ0) is 13.0. The largest absolute Gasteiger partial charge is 0.394 e. The molecular weight excluding hydrogens is 224 g/mol. The minimum absolute atomic E-state index is 0.00734. The summed E-state index contributed by atoms with van der Waals surface area (Å²) in [5.74, 6) is 0. The van der Waals surface area contributed by atoms with E-state index in [2.05, 4.69) is 24.1 Å². The lowest BCUT2D eigenvalue weighted by Gasteiger charge is -2.45. The molecule has 1 saturated heterocycles. The summed E-state index contributed by atoms with van der Waals surface area (Å²) in [7, 11) is 0. The predicted octanol–water partition coefficient (Wildman–Crippen LogP) is 2.14. The second-order valence-electron chi connectivity index (χ2n) is 6.55. The maximum absolute atomic E-state index is 9.82. The van der Waals surface area contributed by atoms with Crippen LogP contribution in [0.15, 0.2) is 0 Å². The van der Waals surface area contributed by atoms with Crippen LogP contribution in [-0.2, 0) is 0 Å². The van der Waals surface area contributed by atoms with E-state index in [1.807, 2.05) is 0 Å². The van der Waals surface area contributed by atoms with Crippen LogP contribution in [0.1, 0.15) is 58.8 Å². The van der Waals surface area contributed by atoms with E-state index < -0.39 is 0 Å². The van der Waals surface area contributed by atoms with Crippen molar-refractivity contribution in [3.05, 3.63) is 0 Å². The van der Waals surface area contributed by atoms with Gasteiger partial charge in [0.05, 0.1) is 6.61 Å². The highest BCUT2D eigenvalue weighted by atomic mass is 16.3. The van der Waals surface area contributed by atoms with Crippen LogP contribution in [0, 0.1) is 0 Å². The van der Waals surface area contributed by atoms with Crippen molar-refractivity contribution in [2.75, 3.05) is 19.7 Å². The third-order valence-electron chi connectivity index (χ3n) is 4.90. The molecule has 3 heteroatoms. The molecular formula is C15H30N2O. The summed E-state index contributed by atoms with van der Waals surface area (Å²) in [5, 5.41) is 13.6. The minimum Gasteiger partial charge on any atom is -0.394 e. The topological polar surface area (TPSA) is 35.5 Å². The summed E-state index contributed by atoms with van der Waals surface area (Å²) < 4.78 is 0. The SMILES string of the molecule is CC(C)N1CCC(CO)(NC2CCCCC2)CC1. The number of piperidine rings is 1. The Kier molecular flexibility index (Phi) is 5.05. The van der Waals surface area contributed by atoms with E-state index in [0.717, 1.165) is 25.9 Å². The van der Waals surface area contributed by atoms with Crippen molar-refractivity contribution in [2.24, 2.45) is 0 Å². The smallest absolute Gasteiger partial charge is 0.0614 e. The van der Waals surface area contributed by atoms with Gasteiger partial charge in [0.2, 0.25) is 0 Å². The van der Waals surface area contributed by atoms with Crippen molar-refractivity contribution in [1.29, 1.82) is 0 Å². The molecule has 0 atom stereocenters. The standard InChI is InChI=1S/C15H30N2O/c1-13(2)17-10-8-15(12-18,9-11-17)16-14-6-4-3-5-7-14/h13-14,16,18H,3-12H2,1-2H3. The molecule has 1 aliphatic carbocycles. The zero-order valence-corrected chi connectivity index (χ0v) is 12.1. The fraction of sp³-hybridized carbons (Fsp3) is 1.00. The number of aliphatic hydroxyl groups is 1. The molecule has 2 rings (SSSR count). The lowest BCUT2D eigenvalue weighted by Crippen LogP contribution is -2.59. The Balaban J connectivity index is 1.87. The van der Waals surface area contributed by atoms with Gasteiger partial charge in [-0.3, -0.25) is 0 Å². The monoisotopic (exact) mass is 254 g/mol. The molecule has 106 valence electrons. The maximum atomic E-state index is 9.82. The number of nitrogens with one attached hydrogen (secondary N) is 1. The molecule has 0 aromatic heterocycles. The Morgan fingerprint density at radius 1 is 1.17 bits per heavy atom. The number of aliphatic hydroxyl groups excluding tert-OH is 1. The van der Waals surface area contributed by atoms with Crippen molar-refractivity contribution in [2.45, 2.75) is 76.4 Å². The van der Waals surface area contributed by atoms with E-state index in [9.17, 15) is 5.11 Å². The molecule has 2 fully saturated rings. The van der Waals surface area contributed by atoms with Gasteiger partial charge in [0, 0.05) is 30.7 Å². The molecule has 0 radical (unpaired) electrons. The lowest BCUT2D eigenvalue weighted by atomic mass is 9.84. The molecule has 0 unspecified atom stereocenters. The minimum atomic E-state index is 0.00734. The molecule has 18 heavy (non-hydrogen) atoms. The van der Waals surface area contributed by atoms with Crippen molar-refractivity contribution in [3.63, 3.8) is 0 Å². The second kappa shape index (κ2) is 6.36. The van der Waals surface area contributed by atoms with E-state index in [-0.39, 0.29) is 5.54 Å². The van der Waals surface area contributed by atoms with Crippen LogP contribution in [-0.4, -0.2) is 47.3 Å². The van der Waals surface area contributed by atoms with E-state index >= 15 is 0 Å². The van der Waals surface area contributed by atoms with Crippen molar-refractivity contribution in [1.82, 2.24) is 10.2 Å². The molecule has 1 heterocycles. The summed E-state index contributed by atoms with van der Waals surface area (Å²) >= 11 is 0. The molecule has 2 N–H and O–H groups in total. The van der Waals surface area contributed by atoms with Crippen LogP contribution < -0.4 is 5.32 Å². The average Bonchev–Trinajstić information content (AvgIpc) is 2.40. The van der Waals surface area contributed by atoms with Crippen LogP contribution in [0.4, 0.5) is 0 Å². The molecule has 0 spiro atoms. The first-order valence-electron chi connectivity index (χ1n) is 7.78. The van der Waals surface area contributed by atoms with E-state index in [1.165, 1.54) is 32.1 Å². The normalized spacial score (nSPS) is 26.7. The quantitative estimate of drug-likeness (QED) is 0.807. The highest BCUT2D eigenvalue weighted by molar-refractivity contribution is 4.96. The maximum Gasteiger partial charge on any atom is 0.0614 e. The van der Waals surface area contributed by atoms with Gasteiger partial charge in [-0.2, -0.15) is 0 Å². The van der Waals surface area contributed by atoms with E-state index in [4.69, 9.17) is 0 Å². The van der Waals surface area contributed by atoms with Gasteiger partial charge in [-0.05, 0) is 39.5 Å². The van der Waals surface area contributed by atoms with E-state index in [0.29, 0.717) is 18.7 Å². The fourth-order valence-electron chi connectivity index (χ4n) is 3.50. The Morgan fingerprint density at radius 2 is 1.78 bits per heavy atom. The van der Waals surface area contributed by atoms with Gasteiger partial charge in [-0.25, -0.2) is 0 Å². The van der Waals surface area contributed by atoms with Crippen LogP contribution in [0.2, 0.25) is 0 Å². The summed E-state index contributed by atoms with van der Waals surface area (Å²) in [5.41, 5.74) is 0.00734. The van der Waals surface area contributed by atoms with Crippen LogP contribution in [0.3, 0.4) is 0 Å². The van der Waals surface area contributed by atoms with Crippen molar-refractivity contribution in [3.8, 4) is 0 Å². The first-order valence-corrected chi connectivity index (χ1v) is 7.78. The average molecular weight is 254 g/mol. The molecule has 0 amide bonds. The first-order chi connectivity index (χ1) is 8.65. The van der Waals surface area contributed by atoms with Gasteiger partial charge in [0.15, 0.2) is 0 Å². The van der Waals surface area contributed by atoms with Crippen LogP contribution >= 0.6 is 0 Å². The van der Waals surface area contributed by atoms with E-state index in [1.54, 1.807) is 0 Å².